The van der Waals surface area contributed by atoms with Crippen LogP contribution in [0.1, 0.15) is 12.7 Å². The maximum absolute atomic E-state index is 6.05. The maximum atomic E-state index is 6.05. The number of nitrogens with two attached hydrogens (primary N) is 1. The second-order valence-corrected chi connectivity index (χ2v) is 5.04. The monoisotopic (exact) mass is 300 g/mol. The number of nitrogens with one attached hydrogen (secondary N) is 1. The van der Waals surface area contributed by atoms with Gasteiger partial charge in [-0.05, 0) is 25.1 Å². The number of hydrogen-bond acceptors (Lipinski definition) is 5. The van der Waals surface area contributed by atoms with Crippen molar-refractivity contribution in [1.29, 1.82) is 0 Å². The van der Waals surface area contributed by atoms with Crippen LogP contribution in [0.5, 0.6) is 0 Å². The smallest absolute Gasteiger partial charge is 0.129 e. The van der Waals surface area contributed by atoms with Gasteiger partial charge < -0.3 is 10.8 Å². The molecule has 106 valence electrons. The van der Waals surface area contributed by atoms with Crippen LogP contribution in [0.4, 0.5) is 0 Å². The number of pyridine rings is 1. The number of nitrogens with zero attached hydrogens (tertiary/aromatic N) is 4. The van der Waals surface area contributed by atoms with E-state index in [-0.39, 0.29) is 0 Å². The number of benzene rings is 1. The van der Waals surface area contributed by atoms with E-state index in [1.165, 1.54) is 0 Å². The summed E-state index contributed by atoms with van der Waals surface area (Å²) in [6, 6.07) is 5.56. The van der Waals surface area contributed by atoms with Crippen LogP contribution < -0.4 is 5.84 Å². The van der Waals surface area contributed by atoms with Gasteiger partial charge in [-0.1, -0.05) is 11.6 Å². The Labute approximate surface area is 125 Å². The number of H-pyrrole nitrogens is 1. The molecule has 3 aromatic rings. The van der Waals surface area contributed by atoms with E-state index in [0.717, 1.165) is 27.8 Å². The third-order valence-electron chi connectivity index (χ3n) is 3.05. The minimum atomic E-state index is 0.420. The number of imidazole rings is 1. The molecule has 1 aromatic carbocycles. The molecule has 0 radical (unpaired) electrons. The van der Waals surface area contributed by atoms with Gasteiger partial charge in [0.15, 0.2) is 0 Å². The van der Waals surface area contributed by atoms with Gasteiger partial charge in [-0.15, -0.1) is 0 Å². The summed E-state index contributed by atoms with van der Waals surface area (Å²) in [4.78, 5) is 16.4. The lowest BCUT2D eigenvalue weighted by Crippen LogP contribution is -1.97. The van der Waals surface area contributed by atoms with Crippen molar-refractivity contribution >= 4 is 45.5 Å². The lowest BCUT2D eigenvalue weighted by Gasteiger charge is -1.97. The van der Waals surface area contributed by atoms with E-state index in [4.69, 9.17) is 17.4 Å². The van der Waals surface area contributed by atoms with Gasteiger partial charge in [-0.3, -0.25) is 9.98 Å². The molecule has 7 heteroatoms. The van der Waals surface area contributed by atoms with Crippen LogP contribution in [0.3, 0.4) is 0 Å². The van der Waals surface area contributed by atoms with Crippen molar-refractivity contribution in [3.05, 3.63) is 35.2 Å². The van der Waals surface area contributed by atoms with Crippen molar-refractivity contribution in [2.75, 3.05) is 0 Å². The molecule has 0 amide bonds. The molecule has 3 N–H and O–H groups in total. The maximum Gasteiger partial charge on any atom is 0.129 e. The van der Waals surface area contributed by atoms with Crippen molar-refractivity contribution in [3.8, 4) is 0 Å². The van der Waals surface area contributed by atoms with Crippen LogP contribution in [-0.4, -0.2) is 26.9 Å². The fraction of sp³-hybridized carbons (Fsp3) is 0.143. The van der Waals surface area contributed by atoms with Crippen molar-refractivity contribution < 1.29 is 0 Å². The fourth-order valence-electron chi connectivity index (χ4n) is 2.05. The highest BCUT2D eigenvalue weighted by Gasteiger charge is 2.07. The third-order valence-corrected chi connectivity index (χ3v) is 3.29. The molecule has 21 heavy (non-hydrogen) atoms. The predicted molar refractivity (Wildman–Crippen MR) is 85.9 cm³/mol. The number of rotatable bonds is 3. The summed E-state index contributed by atoms with van der Waals surface area (Å²) in [6.07, 6.45) is 3.37. The number of halogens is 1. The zero-order valence-corrected chi connectivity index (χ0v) is 12.1. The molecule has 0 aliphatic carbocycles. The van der Waals surface area contributed by atoms with Crippen molar-refractivity contribution in [1.82, 2.24) is 15.0 Å². The van der Waals surface area contributed by atoms with E-state index in [1.54, 1.807) is 19.3 Å². The summed E-state index contributed by atoms with van der Waals surface area (Å²) in [6.45, 7) is 2.20. The average molecular weight is 301 g/mol. The molecule has 6 nitrogen and oxygen atoms in total. The van der Waals surface area contributed by atoms with Crippen LogP contribution in [0.25, 0.3) is 21.9 Å². The first-order chi connectivity index (χ1) is 10.2. The molecule has 0 aliphatic heterocycles. The molecule has 3 rings (SSSR count). The SMILES string of the molecule is CC(C=NCc1nc2c(cnc3ccc(Cl)cc32)[nH]1)=NN. The van der Waals surface area contributed by atoms with E-state index in [0.29, 0.717) is 17.3 Å². The highest BCUT2D eigenvalue weighted by molar-refractivity contribution is 6.31. The van der Waals surface area contributed by atoms with E-state index in [2.05, 4.69) is 25.0 Å². The number of aromatic amines is 1. The Bertz CT molecular complexity index is 864. The van der Waals surface area contributed by atoms with Crippen molar-refractivity contribution in [2.45, 2.75) is 13.5 Å². The minimum Gasteiger partial charge on any atom is -0.339 e. The molecule has 0 aliphatic rings. The highest BCUT2D eigenvalue weighted by atomic mass is 35.5. The van der Waals surface area contributed by atoms with E-state index >= 15 is 0 Å². The van der Waals surface area contributed by atoms with Gasteiger partial charge in [0.2, 0.25) is 0 Å². The van der Waals surface area contributed by atoms with E-state index in [9.17, 15) is 0 Å². The molecular weight excluding hydrogens is 288 g/mol. The molecule has 0 unspecified atom stereocenters. The summed E-state index contributed by atoms with van der Waals surface area (Å²) in [7, 11) is 0. The summed E-state index contributed by atoms with van der Waals surface area (Å²) < 4.78 is 0. The largest absolute Gasteiger partial charge is 0.339 e. The number of hydrazone groups is 1. The molecule has 0 saturated carbocycles. The summed E-state index contributed by atoms with van der Waals surface area (Å²) in [5.41, 5.74) is 3.22. The predicted octanol–water partition coefficient (Wildman–Crippen LogP) is 2.67. The van der Waals surface area contributed by atoms with Crippen molar-refractivity contribution in [2.24, 2.45) is 15.9 Å². The summed E-state index contributed by atoms with van der Waals surface area (Å²) in [5, 5.41) is 5.11. The fourth-order valence-corrected chi connectivity index (χ4v) is 2.23. The van der Waals surface area contributed by atoms with Gasteiger partial charge in [-0.25, -0.2) is 4.98 Å². The van der Waals surface area contributed by atoms with Gasteiger partial charge in [0.1, 0.15) is 5.82 Å². The van der Waals surface area contributed by atoms with Crippen LogP contribution in [0.2, 0.25) is 5.02 Å². The highest BCUT2D eigenvalue weighted by Crippen LogP contribution is 2.24. The second-order valence-electron chi connectivity index (χ2n) is 4.61. The molecule has 2 heterocycles. The topological polar surface area (TPSA) is 92.3 Å². The van der Waals surface area contributed by atoms with Crippen LogP contribution in [0.15, 0.2) is 34.5 Å². The van der Waals surface area contributed by atoms with Gasteiger partial charge in [0.05, 0.1) is 35.0 Å². The zero-order valence-electron chi connectivity index (χ0n) is 11.3. The van der Waals surface area contributed by atoms with Gasteiger partial charge in [0.25, 0.3) is 0 Å². The Morgan fingerprint density at radius 2 is 2.33 bits per heavy atom. The lowest BCUT2D eigenvalue weighted by atomic mass is 10.2. The molecular formula is C14H13ClN6. The number of aromatic nitrogens is 3. The molecule has 0 bridgehead atoms. The second kappa shape index (κ2) is 5.49. The molecule has 0 spiro atoms. The van der Waals surface area contributed by atoms with E-state index < -0.39 is 0 Å². The minimum absolute atomic E-state index is 0.420. The van der Waals surface area contributed by atoms with Crippen LogP contribution in [0, 0.1) is 0 Å². The average Bonchev–Trinajstić information content (AvgIpc) is 2.90. The third kappa shape index (κ3) is 2.71. The van der Waals surface area contributed by atoms with Crippen molar-refractivity contribution in [3.63, 3.8) is 0 Å². The summed E-state index contributed by atoms with van der Waals surface area (Å²) in [5.74, 6) is 5.89. The Morgan fingerprint density at radius 1 is 1.48 bits per heavy atom. The number of hydrogen-bond donors (Lipinski definition) is 2. The zero-order chi connectivity index (χ0) is 14.8. The number of aliphatic imine (C=N–C) groups is 1. The van der Waals surface area contributed by atoms with Gasteiger partial charge in [-0.2, -0.15) is 5.10 Å². The first-order valence-electron chi connectivity index (χ1n) is 6.34. The Kier molecular flexibility index (Phi) is 3.53. The Balaban J connectivity index is 2.01. The Morgan fingerprint density at radius 3 is 3.14 bits per heavy atom. The standard InChI is InChI=1S/C14H13ClN6/c1-8(21-16)5-17-7-13-19-12-6-18-11-3-2-9(15)4-10(11)14(12)20-13/h2-6H,7,16H2,1H3,(H,19,20). The summed E-state index contributed by atoms with van der Waals surface area (Å²) >= 11 is 6.05. The quantitative estimate of drug-likeness (QED) is 0.442. The molecule has 2 aromatic heterocycles. The van der Waals surface area contributed by atoms with Gasteiger partial charge >= 0.3 is 0 Å². The first kappa shape index (κ1) is 13.5. The normalized spacial score (nSPS) is 12.8. The molecule has 0 saturated heterocycles. The van der Waals surface area contributed by atoms with E-state index in [1.807, 2.05) is 18.2 Å². The Hall–Kier alpha value is -2.47. The first-order valence-corrected chi connectivity index (χ1v) is 6.72. The number of fused-ring (bicyclic) bond motifs is 3. The molecule has 0 atom stereocenters. The van der Waals surface area contributed by atoms with Crippen LogP contribution >= 0.6 is 11.6 Å². The molecule has 0 fully saturated rings. The lowest BCUT2D eigenvalue weighted by molar-refractivity contribution is 0.965. The van der Waals surface area contributed by atoms with Gasteiger partial charge in [0, 0.05) is 16.6 Å². The van der Waals surface area contributed by atoms with Crippen LogP contribution in [-0.2, 0) is 6.54 Å².